The minimum absolute atomic E-state index is 0.0700. The molecule has 0 spiro atoms. The van der Waals surface area contributed by atoms with Gasteiger partial charge in [-0.2, -0.15) is 0 Å². The SMILES string of the molecule is CCC(Sc1ccc(N)cc1)C(=O)NCCc1ccccc1. The van der Waals surface area contributed by atoms with Crippen LogP contribution in [0.15, 0.2) is 59.5 Å². The van der Waals surface area contributed by atoms with Crippen LogP contribution in [0.5, 0.6) is 0 Å². The number of rotatable bonds is 7. The maximum atomic E-state index is 12.3. The van der Waals surface area contributed by atoms with Gasteiger partial charge in [0.05, 0.1) is 5.25 Å². The van der Waals surface area contributed by atoms with E-state index in [2.05, 4.69) is 17.4 Å². The fourth-order valence-electron chi connectivity index (χ4n) is 2.12. The number of benzene rings is 2. The van der Waals surface area contributed by atoms with E-state index in [1.807, 2.05) is 49.4 Å². The third-order valence-electron chi connectivity index (χ3n) is 3.38. The molecule has 116 valence electrons. The number of nitrogens with one attached hydrogen (secondary N) is 1. The lowest BCUT2D eigenvalue weighted by molar-refractivity contribution is -0.120. The van der Waals surface area contributed by atoms with Gasteiger partial charge in [0, 0.05) is 17.1 Å². The number of carbonyl (C=O) groups is 1. The molecule has 0 saturated heterocycles. The van der Waals surface area contributed by atoms with Crippen molar-refractivity contribution in [2.45, 2.75) is 29.9 Å². The highest BCUT2D eigenvalue weighted by Gasteiger charge is 2.17. The predicted octanol–water partition coefficient (Wildman–Crippen LogP) is 3.50. The van der Waals surface area contributed by atoms with Crippen LogP contribution in [-0.2, 0) is 11.2 Å². The van der Waals surface area contributed by atoms with Crippen LogP contribution in [0.4, 0.5) is 5.69 Å². The maximum absolute atomic E-state index is 12.3. The number of carbonyl (C=O) groups excluding carboxylic acids is 1. The van der Waals surface area contributed by atoms with Crippen LogP contribution in [0.3, 0.4) is 0 Å². The molecule has 0 aliphatic heterocycles. The molecule has 3 nitrogen and oxygen atoms in total. The molecule has 0 aliphatic carbocycles. The Labute approximate surface area is 136 Å². The van der Waals surface area contributed by atoms with Gasteiger partial charge in [0.1, 0.15) is 0 Å². The lowest BCUT2D eigenvalue weighted by atomic mass is 10.1. The number of hydrogen-bond donors (Lipinski definition) is 2. The topological polar surface area (TPSA) is 55.1 Å². The number of amides is 1. The fraction of sp³-hybridized carbons (Fsp3) is 0.278. The second-order valence-electron chi connectivity index (χ2n) is 5.11. The van der Waals surface area contributed by atoms with Crippen molar-refractivity contribution < 1.29 is 4.79 Å². The second-order valence-corrected chi connectivity index (χ2v) is 6.39. The molecule has 0 heterocycles. The van der Waals surface area contributed by atoms with Crippen molar-refractivity contribution in [3.63, 3.8) is 0 Å². The van der Waals surface area contributed by atoms with Crippen molar-refractivity contribution >= 4 is 23.4 Å². The van der Waals surface area contributed by atoms with Gasteiger partial charge in [0.15, 0.2) is 0 Å². The summed E-state index contributed by atoms with van der Waals surface area (Å²) in [5.74, 6) is 0.0975. The molecule has 0 saturated carbocycles. The lowest BCUT2D eigenvalue weighted by Gasteiger charge is -2.15. The Hall–Kier alpha value is -1.94. The zero-order valence-corrected chi connectivity index (χ0v) is 13.6. The van der Waals surface area contributed by atoms with Gasteiger partial charge in [-0.15, -0.1) is 11.8 Å². The Morgan fingerprint density at radius 1 is 1.14 bits per heavy atom. The van der Waals surface area contributed by atoms with Crippen LogP contribution in [0, 0.1) is 0 Å². The van der Waals surface area contributed by atoms with Crippen molar-refractivity contribution in [2.75, 3.05) is 12.3 Å². The molecule has 0 aromatic heterocycles. The molecule has 2 aromatic rings. The average Bonchev–Trinajstić information content (AvgIpc) is 2.55. The first-order valence-corrected chi connectivity index (χ1v) is 8.41. The van der Waals surface area contributed by atoms with Crippen molar-refractivity contribution in [1.29, 1.82) is 0 Å². The molecular formula is C18H22N2OS. The summed E-state index contributed by atoms with van der Waals surface area (Å²) in [4.78, 5) is 13.3. The third-order valence-corrected chi connectivity index (χ3v) is 4.75. The molecule has 2 rings (SSSR count). The predicted molar refractivity (Wildman–Crippen MR) is 93.9 cm³/mol. The van der Waals surface area contributed by atoms with Crippen LogP contribution < -0.4 is 11.1 Å². The summed E-state index contributed by atoms with van der Waals surface area (Å²) >= 11 is 1.58. The number of anilines is 1. The Balaban J connectivity index is 1.82. The molecule has 0 radical (unpaired) electrons. The van der Waals surface area contributed by atoms with E-state index in [-0.39, 0.29) is 11.2 Å². The monoisotopic (exact) mass is 314 g/mol. The molecule has 1 atom stereocenters. The van der Waals surface area contributed by atoms with Gasteiger partial charge < -0.3 is 11.1 Å². The van der Waals surface area contributed by atoms with Crippen molar-refractivity contribution in [3.05, 3.63) is 60.2 Å². The van der Waals surface area contributed by atoms with Gasteiger partial charge in [-0.3, -0.25) is 4.79 Å². The summed E-state index contributed by atoms with van der Waals surface area (Å²) in [5.41, 5.74) is 7.66. The van der Waals surface area contributed by atoms with E-state index in [9.17, 15) is 4.79 Å². The molecule has 3 N–H and O–H groups in total. The third kappa shape index (κ3) is 5.11. The van der Waals surface area contributed by atoms with E-state index in [0.717, 1.165) is 23.4 Å². The maximum Gasteiger partial charge on any atom is 0.233 e. The van der Waals surface area contributed by atoms with Crippen molar-refractivity contribution in [2.24, 2.45) is 0 Å². The van der Waals surface area contributed by atoms with E-state index in [1.165, 1.54) is 5.56 Å². The molecular weight excluding hydrogens is 292 g/mol. The summed E-state index contributed by atoms with van der Waals surface area (Å²) in [6.07, 6.45) is 1.65. The second kappa shape index (κ2) is 8.49. The zero-order chi connectivity index (χ0) is 15.8. The zero-order valence-electron chi connectivity index (χ0n) is 12.8. The lowest BCUT2D eigenvalue weighted by Crippen LogP contribution is -2.33. The molecule has 2 aromatic carbocycles. The van der Waals surface area contributed by atoms with Gasteiger partial charge in [-0.25, -0.2) is 0 Å². The Morgan fingerprint density at radius 2 is 1.82 bits per heavy atom. The van der Waals surface area contributed by atoms with E-state index >= 15 is 0 Å². The minimum Gasteiger partial charge on any atom is -0.399 e. The van der Waals surface area contributed by atoms with Crippen molar-refractivity contribution in [3.8, 4) is 0 Å². The molecule has 0 fully saturated rings. The molecule has 22 heavy (non-hydrogen) atoms. The van der Waals surface area contributed by atoms with Gasteiger partial charge in [0.25, 0.3) is 0 Å². The Bertz CT molecular complexity index is 584. The number of nitrogen functional groups attached to an aromatic ring is 1. The van der Waals surface area contributed by atoms with Crippen LogP contribution >= 0.6 is 11.8 Å². The first-order chi connectivity index (χ1) is 10.7. The molecule has 4 heteroatoms. The number of thioether (sulfide) groups is 1. The Morgan fingerprint density at radius 3 is 2.45 bits per heavy atom. The first kappa shape index (κ1) is 16.4. The van der Waals surface area contributed by atoms with Crippen molar-refractivity contribution in [1.82, 2.24) is 5.32 Å². The average molecular weight is 314 g/mol. The van der Waals surface area contributed by atoms with Crippen LogP contribution in [0.2, 0.25) is 0 Å². The summed E-state index contributed by atoms with van der Waals surface area (Å²) in [6, 6.07) is 17.8. The summed E-state index contributed by atoms with van der Waals surface area (Å²) in [5, 5.41) is 2.96. The summed E-state index contributed by atoms with van der Waals surface area (Å²) in [7, 11) is 0. The number of nitrogens with two attached hydrogens (primary N) is 1. The van der Waals surface area contributed by atoms with Gasteiger partial charge in [-0.1, -0.05) is 37.3 Å². The standard InChI is InChI=1S/C18H22N2OS/c1-2-17(22-16-10-8-15(19)9-11-16)18(21)20-13-12-14-6-4-3-5-7-14/h3-11,17H,2,12-13,19H2,1H3,(H,20,21). The minimum atomic E-state index is -0.0700. The first-order valence-electron chi connectivity index (χ1n) is 7.53. The molecule has 1 unspecified atom stereocenters. The highest BCUT2D eigenvalue weighted by atomic mass is 32.2. The van der Waals surface area contributed by atoms with Crippen LogP contribution in [-0.4, -0.2) is 17.7 Å². The van der Waals surface area contributed by atoms with E-state index in [0.29, 0.717) is 6.54 Å². The summed E-state index contributed by atoms with van der Waals surface area (Å²) in [6.45, 7) is 2.70. The van der Waals surface area contributed by atoms with Gasteiger partial charge >= 0.3 is 0 Å². The number of hydrogen-bond acceptors (Lipinski definition) is 3. The largest absolute Gasteiger partial charge is 0.399 e. The Kier molecular flexibility index (Phi) is 6.34. The fourth-order valence-corrected chi connectivity index (χ4v) is 3.10. The summed E-state index contributed by atoms with van der Waals surface area (Å²) < 4.78 is 0. The van der Waals surface area contributed by atoms with E-state index < -0.39 is 0 Å². The smallest absolute Gasteiger partial charge is 0.233 e. The quantitative estimate of drug-likeness (QED) is 0.607. The van der Waals surface area contributed by atoms with E-state index in [4.69, 9.17) is 5.73 Å². The highest BCUT2D eigenvalue weighted by molar-refractivity contribution is 8.00. The normalized spacial score (nSPS) is 11.9. The molecule has 0 bridgehead atoms. The molecule has 0 aliphatic rings. The van der Waals surface area contributed by atoms with Gasteiger partial charge in [-0.05, 0) is 42.7 Å². The highest BCUT2D eigenvalue weighted by Crippen LogP contribution is 2.26. The van der Waals surface area contributed by atoms with Crippen LogP contribution in [0.25, 0.3) is 0 Å². The van der Waals surface area contributed by atoms with E-state index in [1.54, 1.807) is 11.8 Å². The van der Waals surface area contributed by atoms with Gasteiger partial charge in [0.2, 0.25) is 5.91 Å². The van der Waals surface area contributed by atoms with Crippen LogP contribution in [0.1, 0.15) is 18.9 Å². The molecule has 1 amide bonds.